The quantitative estimate of drug-likeness (QED) is 0.674. The van der Waals surface area contributed by atoms with E-state index in [0.29, 0.717) is 49.0 Å². The van der Waals surface area contributed by atoms with Gasteiger partial charge < -0.3 is 14.3 Å². The molecule has 0 saturated carbocycles. The van der Waals surface area contributed by atoms with Crippen LogP contribution in [0.2, 0.25) is 0 Å². The van der Waals surface area contributed by atoms with Crippen LogP contribution in [0.15, 0.2) is 45.7 Å². The van der Waals surface area contributed by atoms with E-state index in [1.54, 1.807) is 39.7 Å². The Morgan fingerprint density at radius 3 is 2.64 bits per heavy atom. The normalized spacial score (nSPS) is 17.4. The molecule has 1 atom stereocenters. The molecular weight excluding hydrogens is 378 g/mol. The molecule has 28 heavy (non-hydrogen) atoms. The van der Waals surface area contributed by atoms with Crippen LogP contribution >= 0.6 is 11.3 Å². The average Bonchev–Trinajstić information content (AvgIpc) is 3.35. The van der Waals surface area contributed by atoms with E-state index >= 15 is 0 Å². The lowest BCUT2D eigenvalue weighted by molar-refractivity contribution is 0.0641. The molecule has 1 unspecified atom stereocenters. The van der Waals surface area contributed by atoms with Gasteiger partial charge in [0.2, 0.25) is 5.89 Å². The Hall–Kier alpha value is -3.07. The predicted octanol–water partition coefficient (Wildman–Crippen LogP) is 2.56. The average molecular weight is 397 g/mol. The molecule has 1 aliphatic heterocycles. The molecule has 3 heterocycles. The number of aryl methyl sites for hydroxylation is 1. The van der Waals surface area contributed by atoms with Crippen LogP contribution in [0.5, 0.6) is 0 Å². The number of aromatic nitrogens is 3. The highest BCUT2D eigenvalue weighted by molar-refractivity contribution is 7.07. The second kappa shape index (κ2) is 7.89. The Balaban J connectivity index is 1.62. The molecule has 144 valence electrons. The highest BCUT2D eigenvalue weighted by Gasteiger charge is 2.34. The fraction of sp³-hybridized carbons (Fsp3) is 0.316. The van der Waals surface area contributed by atoms with Crippen LogP contribution < -0.4 is 0 Å². The van der Waals surface area contributed by atoms with E-state index in [-0.39, 0.29) is 17.9 Å². The number of carbonyl (C=O) groups excluding carboxylic acids is 2. The van der Waals surface area contributed by atoms with Gasteiger partial charge in [-0.15, -0.1) is 11.3 Å². The highest BCUT2D eigenvalue weighted by atomic mass is 32.1. The molecule has 4 rings (SSSR count). The van der Waals surface area contributed by atoms with Crippen molar-refractivity contribution >= 4 is 23.2 Å². The van der Waals surface area contributed by atoms with Crippen LogP contribution in [0, 0.1) is 6.92 Å². The van der Waals surface area contributed by atoms with Crippen molar-refractivity contribution in [3.05, 3.63) is 64.2 Å². The largest absolute Gasteiger partial charge is 0.337 e. The Labute approximate surface area is 165 Å². The fourth-order valence-electron chi connectivity index (χ4n) is 3.31. The van der Waals surface area contributed by atoms with Crippen LogP contribution in [0.4, 0.5) is 0 Å². The molecule has 0 spiro atoms. The van der Waals surface area contributed by atoms with Gasteiger partial charge in [-0.1, -0.05) is 23.4 Å². The maximum atomic E-state index is 13.2. The smallest absolute Gasteiger partial charge is 0.273 e. The lowest BCUT2D eigenvalue weighted by Gasteiger charge is -2.27. The number of thiazole rings is 1. The van der Waals surface area contributed by atoms with Gasteiger partial charge in [0.05, 0.1) is 5.51 Å². The first-order valence-corrected chi connectivity index (χ1v) is 9.91. The monoisotopic (exact) mass is 397 g/mol. The second-order valence-electron chi connectivity index (χ2n) is 6.51. The third-order valence-electron chi connectivity index (χ3n) is 4.71. The summed E-state index contributed by atoms with van der Waals surface area (Å²) in [5, 5.41) is 5.61. The Morgan fingerprint density at radius 1 is 1.14 bits per heavy atom. The maximum Gasteiger partial charge on any atom is 0.273 e. The van der Waals surface area contributed by atoms with E-state index in [2.05, 4.69) is 15.1 Å². The SMILES string of the molecule is Cc1noc(C2CCN(C(=O)c3cscn3)CCN2C(=O)c2ccccc2)n1. The van der Waals surface area contributed by atoms with Gasteiger partial charge in [-0.25, -0.2) is 4.98 Å². The lowest BCUT2D eigenvalue weighted by atomic mass is 10.1. The first kappa shape index (κ1) is 18.3. The molecule has 2 aromatic heterocycles. The Bertz CT molecular complexity index is 957. The van der Waals surface area contributed by atoms with Crippen molar-refractivity contribution < 1.29 is 14.1 Å². The van der Waals surface area contributed by atoms with E-state index in [9.17, 15) is 9.59 Å². The summed E-state index contributed by atoms with van der Waals surface area (Å²) in [5.41, 5.74) is 2.65. The summed E-state index contributed by atoms with van der Waals surface area (Å²) < 4.78 is 5.37. The molecule has 1 fully saturated rings. The van der Waals surface area contributed by atoms with Crippen LogP contribution in [-0.4, -0.2) is 56.4 Å². The third kappa shape index (κ3) is 3.65. The van der Waals surface area contributed by atoms with Crippen molar-refractivity contribution in [3.8, 4) is 0 Å². The summed E-state index contributed by atoms with van der Waals surface area (Å²) >= 11 is 1.38. The summed E-state index contributed by atoms with van der Waals surface area (Å²) in [6, 6.07) is 8.70. The number of hydrogen-bond donors (Lipinski definition) is 0. The molecule has 0 bridgehead atoms. The summed E-state index contributed by atoms with van der Waals surface area (Å²) in [6.45, 7) is 3.00. The summed E-state index contributed by atoms with van der Waals surface area (Å²) in [7, 11) is 0. The summed E-state index contributed by atoms with van der Waals surface area (Å²) in [6.07, 6.45) is 0.510. The van der Waals surface area contributed by atoms with Gasteiger partial charge in [0.1, 0.15) is 11.7 Å². The van der Waals surface area contributed by atoms with Gasteiger partial charge in [0.25, 0.3) is 11.8 Å². The number of hydrogen-bond acceptors (Lipinski definition) is 7. The highest BCUT2D eigenvalue weighted by Crippen LogP contribution is 2.28. The van der Waals surface area contributed by atoms with Gasteiger partial charge in [0.15, 0.2) is 5.82 Å². The predicted molar refractivity (Wildman–Crippen MR) is 102 cm³/mol. The Kier molecular flexibility index (Phi) is 5.16. The van der Waals surface area contributed by atoms with Gasteiger partial charge in [-0.3, -0.25) is 9.59 Å². The zero-order chi connectivity index (χ0) is 19.5. The molecule has 8 nitrogen and oxygen atoms in total. The van der Waals surface area contributed by atoms with Crippen molar-refractivity contribution in [2.45, 2.75) is 19.4 Å². The number of nitrogens with zero attached hydrogens (tertiary/aromatic N) is 5. The number of rotatable bonds is 3. The van der Waals surface area contributed by atoms with E-state index in [1.165, 1.54) is 11.3 Å². The number of amides is 2. The molecule has 1 saturated heterocycles. The molecular formula is C19H19N5O3S. The van der Waals surface area contributed by atoms with Crippen LogP contribution in [0.3, 0.4) is 0 Å². The molecule has 3 aromatic rings. The van der Waals surface area contributed by atoms with Crippen molar-refractivity contribution in [2.75, 3.05) is 19.6 Å². The Morgan fingerprint density at radius 2 is 1.96 bits per heavy atom. The van der Waals surface area contributed by atoms with E-state index in [1.807, 2.05) is 18.2 Å². The molecule has 0 radical (unpaired) electrons. The van der Waals surface area contributed by atoms with E-state index in [4.69, 9.17) is 4.52 Å². The van der Waals surface area contributed by atoms with Gasteiger partial charge in [0, 0.05) is 30.6 Å². The van der Waals surface area contributed by atoms with Gasteiger partial charge in [-0.2, -0.15) is 4.98 Å². The first-order valence-electron chi connectivity index (χ1n) is 8.97. The number of benzene rings is 1. The van der Waals surface area contributed by atoms with E-state index < -0.39 is 0 Å². The van der Waals surface area contributed by atoms with Crippen molar-refractivity contribution in [1.29, 1.82) is 0 Å². The second-order valence-corrected chi connectivity index (χ2v) is 7.23. The van der Waals surface area contributed by atoms with Crippen molar-refractivity contribution in [3.63, 3.8) is 0 Å². The molecule has 1 aromatic carbocycles. The minimum atomic E-state index is -0.387. The van der Waals surface area contributed by atoms with E-state index in [0.717, 1.165) is 0 Å². The standard InChI is InChI=1S/C19H19N5O3S/c1-13-21-17(27-22-13)16-7-8-23(19(26)15-11-28-12-20-15)9-10-24(16)18(25)14-5-3-2-4-6-14/h2-6,11-12,16H,7-10H2,1H3. The number of carbonyl (C=O) groups is 2. The molecule has 2 amide bonds. The van der Waals surface area contributed by atoms with Crippen LogP contribution in [-0.2, 0) is 0 Å². The minimum absolute atomic E-state index is 0.121. The van der Waals surface area contributed by atoms with Crippen LogP contribution in [0.1, 0.15) is 45.0 Å². The lowest BCUT2D eigenvalue weighted by Crippen LogP contribution is -2.38. The molecule has 1 aliphatic rings. The topological polar surface area (TPSA) is 92.4 Å². The first-order chi connectivity index (χ1) is 13.6. The van der Waals surface area contributed by atoms with Crippen LogP contribution in [0.25, 0.3) is 0 Å². The zero-order valence-electron chi connectivity index (χ0n) is 15.3. The van der Waals surface area contributed by atoms with Crippen molar-refractivity contribution in [2.24, 2.45) is 0 Å². The third-order valence-corrected chi connectivity index (χ3v) is 5.29. The van der Waals surface area contributed by atoms with Crippen molar-refractivity contribution in [1.82, 2.24) is 24.9 Å². The molecule has 9 heteroatoms. The fourth-order valence-corrected chi connectivity index (χ4v) is 3.83. The molecule has 0 N–H and O–H groups in total. The minimum Gasteiger partial charge on any atom is -0.337 e. The van der Waals surface area contributed by atoms with Gasteiger partial charge in [-0.05, 0) is 25.5 Å². The molecule has 0 aliphatic carbocycles. The van der Waals surface area contributed by atoms with Gasteiger partial charge >= 0.3 is 0 Å². The maximum absolute atomic E-state index is 13.2. The zero-order valence-corrected chi connectivity index (χ0v) is 16.1. The summed E-state index contributed by atoms with van der Waals surface area (Å²) in [4.78, 5) is 37.8. The summed E-state index contributed by atoms with van der Waals surface area (Å²) in [5.74, 6) is 0.659.